The molecule has 0 aliphatic carbocycles. The first-order valence-electron chi connectivity index (χ1n) is 9.08. The Bertz CT molecular complexity index is 967. The molecule has 5 heteroatoms. The van der Waals surface area contributed by atoms with E-state index in [2.05, 4.69) is 35.6 Å². The van der Waals surface area contributed by atoms with Crippen LogP contribution < -0.4 is 4.90 Å². The Labute approximate surface area is 153 Å². The Morgan fingerprint density at radius 2 is 1.85 bits per heavy atom. The van der Waals surface area contributed by atoms with Crippen LogP contribution in [0.1, 0.15) is 27.2 Å². The minimum Gasteiger partial charge on any atom is -0.367 e. The molecule has 4 rings (SSSR count). The molecular weight excluding hydrogens is 324 g/mol. The highest BCUT2D eigenvalue weighted by molar-refractivity contribution is 5.99. The highest BCUT2D eigenvalue weighted by Gasteiger charge is 2.23. The smallest absolute Gasteiger partial charge is 0.253 e. The molecule has 0 saturated carbocycles. The summed E-state index contributed by atoms with van der Waals surface area (Å²) in [4.78, 5) is 24.8. The lowest BCUT2D eigenvalue weighted by Crippen LogP contribution is -2.49. The van der Waals surface area contributed by atoms with E-state index in [1.165, 1.54) is 16.8 Å². The van der Waals surface area contributed by atoms with Gasteiger partial charge in [-0.1, -0.05) is 0 Å². The molecule has 0 radical (unpaired) electrons. The Morgan fingerprint density at radius 3 is 2.58 bits per heavy atom. The maximum absolute atomic E-state index is 13.0. The average molecular weight is 348 g/mol. The van der Waals surface area contributed by atoms with Gasteiger partial charge >= 0.3 is 0 Å². The van der Waals surface area contributed by atoms with Gasteiger partial charge in [0, 0.05) is 54.5 Å². The number of H-pyrrole nitrogens is 1. The highest BCUT2D eigenvalue weighted by atomic mass is 16.2. The fourth-order valence-corrected chi connectivity index (χ4v) is 3.71. The van der Waals surface area contributed by atoms with E-state index >= 15 is 0 Å². The lowest BCUT2D eigenvalue weighted by molar-refractivity contribution is 0.0747. The first-order chi connectivity index (χ1) is 12.5. The summed E-state index contributed by atoms with van der Waals surface area (Å²) in [5.41, 5.74) is 6.62. The van der Waals surface area contributed by atoms with Crippen LogP contribution in [0.2, 0.25) is 0 Å². The Morgan fingerprint density at radius 1 is 1.08 bits per heavy atom. The molecule has 0 unspecified atom stereocenters. The number of aromatic nitrogens is 2. The van der Waals surface area contributed by atoms with E-state index in [9.17, 15) is 4.79 Å². The second-order valence-electron chi connectivity index (χ2n) is 7.08. The maximum atomic E-state index is 13.0. The van der Waals surface area contributed by atoms with Crippen molar-refractivity contribution in [3.05, 3.63) is 59.0 Å². The van der Waals surface area contributed by atoms with Crippen LogP contribution in [0.5, 0.6) is 0 Å². The molecular formula is C21H24N4O. The van der Waals surface area contributed by atoms with Gasteiger partial charge in [-0.3, -0.25) is 9.78 Å². The second-order valence-corrected chi connectivity index (χ2v) is 7.08. The molecule has 3 heterocycles. The summed E-state index contributed by atoms with van der Waals surface area (Å²) in [7, 11) is 0. The van der Waals surface area contributed by atoms with Crippen LogP contribution in [-0.2, 0) is 0 Å². The van der Waals surface area contributed by atoms with Crippen molar-refractivity contribution in [2.24, 2.45) is 0 Å². The third kappa shape index (κ3) is 2.83. The zero-order chi connectivity index (χ0) is 18.3. The van der Waals surface area contributed by atoms with Gasteiger partial charge < -0.3 is 14.8 Å². The van der Waals surface area contributed by atoms with Crippen molar-refractivity contribution < 1.29 is 4.79 Å². The number of piperazine rings is 1. The number of rotatable bonds is 2. The van der Waals surface area contributed by atoms with E-state index in [-0.39, 0.29) is 5.91 Å². The van der Waals surface area contributed by atoms with Gasteiger partial charge in [0.25, 0.3) is 5.91 Å². The number of fused-ring (bicyclic) bond motifs is 1. The Balaban J connectivity index is 1.50. The molecule has 1 amide bonds. The first-order valence-corrected chi connectivity index (χ1v) is 9.08. The number of carbonyl (C=O) groups excluding carboxylic acids is 1. The van der Waals surface area contributed by atoms with Gasteiger partial charge in [-0.15, -0.1) is 0 Å². The Kier molecular flexibility index (Phi) is 4.15. The second kappa shape index (κ2) is 6.48. The van der Waals surface area contributed by atoms with E-state index in [0.717, 1.165) is 48.3 Å². The number of aryl methyl sites for hydroxylation is 3. The number of benzene rings is 1. The largest absolute Gasteiger partial charge is 0.367 e. The summed E-state index contributed by atoms with van der Waals surface area (Å²) in [6, 6.07) is 7.99. The third-order valence-electron chi connectivity index (χ3n) is 5.47. The summed E-state index contributed by atoms with van der Waals surface area (Å²) < 4.78 is 0. The van der Waals surface area contributed by atoms with E-state index in [1.54, 1.807) is 0 Å². The zero-order valence-electron chi connectivity index (χ0n) is 15.5. The van der Waals surface area contributed by atoms with Crippen molar-refractivity contribution in [2.45, 2.75) is 20.8 Å². The monoisotopic (exact) mass is 348 g/mol. The molecule has 0 atom stereocenters. The molecule has 0 bridgehead atoms. The van der Waals surface area contributed by atoms with E-state index < -0.39 is 0 Å². The molecule has 26 heavy (non-hydrogen) atoms. The molecule has 5 nitrogen and oxygen atoms in total. The number of nitrogens with one attached hydrogen (secondary N) is 1. The predicted octanol–water partition coefficient (Wildman–Crippen LogP) is 3.45. The number of nitrogens with zero attached hydrogens (tertiary/aromatic N) is 3. The summed E-state index contributed by atoms with van der Waals surface area (Å²) in [5.74, 6) is 0.118. The minimum atomic E-state index is 0.118. The quantitative estimate of drug-likeness (QED) is 0.772. The van der Waals surface area contributed by atoms with Crippen LogP contribution in [0.4, 0.5) is 5.69 Å². The maximum Gasteiger partial charge on any atom is 0.253 e. The fourth-order valence-electron chi connectivity index (χ4n) is 3.71. The standard InChI is InChI=1S/C21H24N4O/c1-14-6-7-22-13-20(14)24-8-10-25(11-9-24)21(26)17-4-5-19-18(12-17)15(2)16(3)23-19/h4-7,12-13,23H,8-11H2,1-3H3. The highest BCUT2D eigenvalue weighted by Crippen LogP contribution is 2.24. The van der Waals surface area contributed by atoms with Crippen molar-refractivity contribution in [2.75, 3.05) is 31.1 Å². The van der Waals surface area contributed by atoms with Crippen LogP contribution in [0, 0.1) is 20.8 Å². The van der Waals surface area contributed by atoms with Gasteiger partial charge in [0.1, 0.15) is 0 Å². The first kappa shape index (κ1) is 16.6. The van der Waals surface area contributed by atoms with Gasteiger partial charge in [0.15, 0.2) is 0 Å². The SMILES string of the molecule is Cc1ccncc1N1CCN(C(=O)c2ccc3[nH]c(C)c(C)c3c2)CC1. The molecule has 1 fully saturated rings. The molecule has 2 aromatic heterocycles. The van der Waals surface area contributed by atoms with E-state index in [0.29, 0.717) is 0 Å². The average Bonchev–Trinajstić information content (AvgIpc) is 2.95. The third-order valence-corrected chi connectivity index (χ3v) is 5.47. The van der Waals surface area contributed by atoms with Crippen LogP contribution in [0.3, 0.4) is 0 Å². The summed E-state index contributed by atoms with van der Waals surface area (Å²) in [5, 5.41) is 1.14. The molecule has 134 valence electrons. The zero-order valence-corrected chi connectivity index (χ0v) is 15.5. The predicted molar refractivity (Wildman–Crippen MR) is 105 cm³/mol. The molecule has 1 aromatic carbocycles. The molecule has 1 saturated heterocycles. The van der Waals surface area contributed by atoms with E-state index in [1.807, 2.05) is 41.6 Å². The number of hydrogen-bond acceptors (Lipinski definition) is 3. The number of aromatic amines is 1. The van der Waals surface area contributed by atoms with Crippen LogP contribution in [0.15, 0.2) is 36.7 Å². The summed E-state index contributed by atoms with van der Waals surface area (Å²) >= 11 is 0. The topological polar surface area (TPSA) is 52.2 Å². The van der Waals surface area contributed by atoms with E-state index in [4.69, 9.17) is 0 Å². The molecule has 0 spiro atoms. The van der Waals surface area contributed by atoms with Gasteiger partial charge in [-0.05, 0) is 56.2 Å². The van der Waals surface area contributed by atoms with Crippen molar-refractivity contribution in [1.82, 2.24) is 14.9 Å². The van der Waals surface area contributed by atoms with Crippen molar-refractivity contribution in [3.8, 4) is 0 Å². The number of amides is 1. The number of pyridine rings is 1. The normalized spacial score (nSPS) is 14.9. The number of carbonyl (C=O) groups is 1. The van der Waals surface area contributed by atoms with Crippen molar-refractivity contribution in [1.29, 1.82) is 0 Å². The fraction of sp³-hybridized carbons (Fsp3) is 0.333. The van der Waals surface area contributed by atoms with Crippen LogP contribution in [-0.4, -0.2) is 47.0 Å². The van der Waals surface area contributed by atoms with Crippen molar-refractivity contribution in [3.63, 3.8) is 0 Å². The number of anilines is 1. The summed E-state index contributed by atoms with van der Waals surface area (Å²) in [6.07, 6.45) is 3.73. The van der Waals surface area contributed by atoms with Gasteiger partial charge in [-0.2, -0.15) is 0 Å². The van der Waals surface area contributed by atoms with Crippen LogP contribution in [0.25, 0.3) is 10.9 Å². The van der Waals surface area contributed by atoms with Crippen molar-refractivity contribution >= 4 is 22.5 Å². The molecule has 1 aliphatic heterocycles. The molecule has 3 aromatic rings. The van der Waals surface area contributed by atoms with Crippen LogP contribution >= 0.6 is 0 Å². The molecule has 1 N–H and O–H groups in total. The van der Waals surface area contributed by atoms with Gasteiger partial charge in [0.05, 0.1) is 11.9 Å². The Hall–Kier alpha value is -2.82. The lowest BCUT2D eigenvalue weighted by atomic mass is 10.1. The summed E-state index contributed by atoms with van der Waals surface area (Å²) in [6.45, 7) is 9.40. The minimum absolute atomic E-state index is 0.118. The van der Waals surface area contributed by atoms with Gasteiger partial charge in [0.2, 0.25) is 0 Å². The lowest BCUT2D eigenvalue weighted by Gasteiger charge is -2.36. The van der Waals surface area contributed by atoms with Gasteiger partial charge in [-0.25, -0.2) is 0 Å². The molecule has 1 aliphatic rings. The number of hydrogen-bond donors (Lipinski definition) is 1.